The van der Waals surface area contributed by atoms with Crippen LogP contribution in [-0.2, 0) is 9.59 Å². The fourth-order valence-electron chi connectivity index (χ4n) is 3.15. The Labute approximate surface area is 137 Å². The highest BCUT2D eigenvalue weighted by molar-refractivity contribution is 5.88. The zero-order valence-electron chi connectivity index (χ0n) is 14.2. The van der Waals surface area contributed by atoms with Gasteiger partial charge in [0.15, 0.2) is 0 Å². The van der Waals surface area contributed by atoms with Gasteiger partial charge in [-0.05, 0) is 39.5 Å². The number of carbonyl (C=O) groups excluding carboxylic acids is 2. The molecule has 1 N–H and O–H groups in total. The monoisotopic (exact) mass is 325 g/mol. The number of carbonyl (C=O) groups is 3. The number of rotatable bonds is 3. The quantitative estimate of drug-likeness (QED) is 0.846. The number of likely N-dealkylation sites (tertiary alicyclic amines) is 2. The molecule has 1 unspecified atom stereocenters. The summed E-state index contributed by atoms with van der Waals surface area (Å²) >= 11 is 0. The molecule has 2 saturated heterocycles. The topological polar surface area (TPSA) is 81.2 Å². The average molecular weight is 325 g/mol. The largest absolute Gasteiger partial charge is 0.480 e. The van der Waals surface area contributed by atoms with Crippen molar-refractivity contribution < 1.29 is 19.5 Å². The van der Waals surface area contributed by atoms with Crippen molar-refractivity contribution in [2.45, 2.75) is 45.1 Å². The van der Waals surface area contributed by atoms with Crippen molar-refractivity contribution in [2.75, 3.05) is 33.2 Å². The molecule has 2 rings (SSSR count). The van der Waals surface area contributed by atoms with Gasteiger partial charge >= 0.3 is 12.0 Å². The summed E-state index contributed by atoms with van der Waals surface area (Å²) in [5, 5.41) is 9.28. The maximum absolute atomic E-state index is 12.6. The summed E-state index contributed by atoms with van der Waals surface area (Å²) < 4.78 is 0. The van der Waals surface area contributed by atoms with E-state index in [1.807, 2.05) is 4.90 Å². The van der Waals surface area contributed by atoms with E-state index in [-0.39, 0.29) is 17.9 Å². The van der Waals surface area contributed by atoms with Crippen LogP contribution in [-0.4, -0.2) is 76.5 Å². The van der Waals surface area contributed by atoms with Gasteiger partial charge in [0.2, 0.25) is 5.91 Å². The molecule has 0 bridgehead atoms. The van der Waals surface area contributed by atoms with Gasteiger partial charge in [-0.15, -0.1) is 0 Å². The first-order chi connectivity index (χ1) is 10.7. The maximum Gasteiger partial charge on any atom is 0.329 e. The van der Waals surface area contributed by atoms with Gasteiger partial charge in [-0.3, -0.25) is 4.79 Å². The number of piperidine rings is 1. The third-order valence-electron chi connectivity index (χ3n) is 5.11. The van der Waals surface area contributed by atoms with E-state index < -0.39 is 11.5 Å². The van der Waals surface area contributed by atoms with E-state index in [0.29, 0.717) is 19.5 Å². The molecular weight excluding hydrogens is 298 g/mol. The van der Waals surface area contributed by atoms with Crippen molar-refractivity contribution in [2.24, 2.45) is 5.92 Å². The number of hydrogen-bond acceptors (Lipinski definition) is 3. The van der Waals surface area contributed by atoms with Gasteiger partial charge in [0.1, 0.15) is 5.54 Å². The molecule has 2 fully saturated rings. The van der Waals surface area contributed by atoms with Gasteiger partial charge in [-0.2, -0.15) is 0 Å². The number of carboxylic acid groups (broad SMARTS) is 1. The van der Waals surface area contributed by atoms with Crippen LogP contribution in [0.3, 0.4) is 0 Å². The van der Waals surface area contributed by atoms with Crippen LogP contribution in [0.4, 0.5) is 4.79 Å². The lowest BCUT2D eigenvalue weighted by Gasteiger charge is -2.39. The van der Waals surface area contributed by atoms with E-state index in [2.05, 4.69) is 0 Å². The number of urea groups is 1. The van der Waals surface area contributed by atoms with Crippen LogP contribution in [0.2, 0.25) is 0 Å². The van der Waals surface area contributed by atoms with Crippen LogP contribution >= 0.6 is 0 Å². The highest BCUT2D eigenvalue weighted by Crippen LogP contribution is 2.24. The lowest BCUT2D eigenvalue weighted by Crippen LogP contribution is -2.55. The second kappa shape index (κ2) is 6.76. The molecule has 0 saturated carbocycles. The molecule has 130 valence electrons. The summed E-state index contributed by atoms with van der Waals surface area (Å²) in [4.78, 5) is 41.3. The van der Waals surface area contributed by atoms with Crippen LogP contribution in [0.15, 0.2) is 0 Å². The van der Waals surface area contributed by atoms with Crippen LogP contribution < -0.4 is 0 Å². The highest BCUT2D eigenvalue weighted by Gasteiger charge is 2.40. The minimum absolute atomic E-state index is 0.0140. The normalized spacial score (nSPS) is 22.1. The lowest BCUT2D eigenvalue weighted by atomic mass is 9.94. The molecule has 1 atom stereocenters. The number of amides is 3. The maximum atomic E-state index is 12.6. The molecule has 7 heteroatoms. The summed E-state index contributed by atoms with van der Waals surface area (Å²) in [5.74, 6) is -1.55. The van der Waals surface area contributed by atoms with Gasteiger partial charge < -0.3 is 19.8 Å². The van der Waals surface area contributed by atoms with Crippen LogP contribution in [0.5, 0.6) is 0 Å². The first-order valence-electron chi connectivity index (χ1n) is 8.30. The number of nitrogens with zero attached hydrogens (tertiary/aromatic N) is 3. The first-order valence-corrected chi connectivity index (χ1v) is 8.30. The molecule has 0 aromatic rings. The number of likely N-dealkylation sites (N-methyl/N-ethyl adjacent to an activating group) is 1. The second-order valence-electron chi connectivity index (χ2n) is 7.02. The van der Waals surface area contributed by atoms with Gasteiger partial charge in [-0.1, -0.05) is 0 Å². The van der Waals surface area contributed by atoms with E-state index in [0.717, 1.165) is 32.4 Å². The van der Waals surface area contributed by atoms with E-state index in [9.17, 15) is 19.5 Å². The van der Waals surface area contributed by atoms with Crippen molar-refractivity contribution in [1.82, 2.24) is 14.7 Å². The molecule has 2 heterocycles. The summed E-state index contributed by atoms with van der Waals surface area (Å²) in [6.45, 7) is 5.67. The predicted molar refractivity (Wildman–Crippen MR) is 85.0 cm³/mol. The Morgan fingerprint density at radius 2 is 1.61 bits per heavy atom. The summed E-state index contributed by atoms with van der Waals surface area (Å²) in [5.41, 5.74) is -1.25. The Morgan fingerprint density at radius 3 is 2.17 bits per heavy atom. The zero-order valence-corrected chi connectivity index (χ0v) is 14.2. The summed E-state index contributed by atoms with van der Waals surface area (Å²) in [6, 6.07) is 0.0140. The predicted octanol–water partition coefficient (Wildman–Crippen LogP) is 1.24. The van der Waals surface area contributed by atoms with E-state index in [1.165, 1.54) is 25.8 Å². The Hall–Kier alpha value is -1.79. The van der Waals surface area contributed by atoms with Gasteiger partial charge in [0.25, 0.3) is 0 Å². The van der Waals surface area contributed by atoms with Crippen molar-refractivity contribution in [1.29, 1.82) is 0 Å². The molecule has 0 aromatic carbocycles. The van der Waals surface area contributed by atoms with Gasteiger partial charge in [-0.25, -0.2) is 9.59 Å². The molecule has 0 radical (unpaired) electrons. The number of aliphatic carboxylic acids is 1. The second-order valence-corrected chi connectivity index (χ2v) is 7.02. The fourth-order valence-corrected chi connectivity index (χ4v) is 3.15. The first kappa shape index (κ1) is 17.6. The average Bonchev–Trinajstić information content (AvgIpc) is 3.07. The molecule has 2 aliphatic heterocycles. The Bertz CT molecular complexity index is 486. The lowest BCUT2D eigenvalue weighted by molar-refractivity contribution is -0.157. The smallest absolute Gasteiger partial charge is 0.329 e. The Morgan fingerprint density at radius 1 is 1.04 bits per heavy atom. The van der Waals surface area contributed by atoms with E-state index in [1.54, 1.807) is 4.90 Å². The molecule has 23 heavy (non-hydrogen) atoms. The minimum atomic E-state index is -1.25. The van der Waals surface area contributed by atoms with E-state index >= 15 is 0 Å². The summed E-state index contributed by atoms with van der Waals surface area (Å²) in [7, 11) is 1.53. The summed E-state index contributed by atoms with van der Waals surface area (Å²) in [6.07, 6.45) is 3.55. The minimum Gasteiger partial charge on any atom is -0.480 e. The molecule has 0 spiro atoms. The molecule has 2 aliphatic rings. The molecule has 0 aliphatic carbocycles. The fraction of sp³-hybridized carbons (Fsp3) is 0.812. The Kier molecular flexibility index (Phi) is 5.16. The van der Waals surface area contributed by atoms with Crippen LogP contribution in [0.25, 0.3) is 0 Å². The number of carboxylic acids is 1. The van der Waals surface area contributed by atoms with E-state index in [4.69, 9.17) is 0 Å². The standard InChI is InChI=1S/C16H27N3O4/c1-16(2,14(21)22)17(3)13(20)12-7-6-10-19(11-12)15(23)18-8-4-5-9-18/h12H,4-11H2,1-3H3,(H,21,22). The van der Waals surface area contributed by atoms with Gasteiger partial charge in [0.05, 0.1) is 5.92 Å². The molecule has 7 nitrogen and oxygen atoms in total. The number of hydrogen-bond donors (Lipinski definition) is 1. The van der Waals surface area contributed by atoms with Crippen LogP contribution in [0.1, 0.15) is 39.5 Å². The highest BCUT2D eigenvalue weighted by atomic mass is 16.4. The third-order valence-corrected chi connectivity index (χ3v) is 5.11. The Balaban J connectivity index is 2.01. The van der Waals surface area contributed by atoms with Crippen molar-refractivity contribution in [3.05, 3.63) is 0 Å². The third kappa shape index (κ3) is 3.59. The van der Waals surface area contributed by atoms with Crippen molar-refractivity contribution in [3.8, 4) is 0 Å². The molecular formula is C16H27N3O4. The van der Waals surface area contributed by atoms with Gasteiger partial charge in [0, 0.05) is 33.2 Å². The van der Waals surface area contributed by atoms with Crippen molar-refractivity contribution >= 4 is 17.9 Å². The zero-order chi connectivity index (χ0) is 17.2. The molecule has 0 aromatic heterocycles. The SMILES string of the molecule is CN(C(=O)C1CCCN(C(=O)N2CCCC2)C1)C(C)(C)C(=O)O. The van der Waals surface area contributed by atoms with Crippen LogP contribution in [0, 0.1) is 5.92 Å². The van der Waals surface area contributed by atoms with Crippen molar-refractivity contribution in [3.63, 3.8) is 0 Å². The molecule has 3 amide bonds.